The fourth-order valence-electron chi connectivity index (χ4n) is 1.67. The highest BCUT2D eigenvalue weighted by molar-refractivity contribution is 5.81. The first-order chi connectivity index (χ1) is 10.6. The van der Waals surface area contributed by atoms with E-state index in [0.29, 0.717) is 11.3 Å². The van der Waals surface area contributed by atoms with E-state index in [-0.39, 0.29) is 18.1 Å². The molecule has 4 N–H and O–H groups in total. The van der Waals surface area contributed by atoms with Gasteiger partial charge in [0, 0.05) is 0 Å². The zero-order chi connectivity index (χ0) is 15.9. The predicted octanol–water partition coefficient (Wildman–Crippen LogP) is 2.15. The quantitative estimate of drug-likeness (QED) is 0.504. The normalized spacial score (nSPS) is 10.6. The molecule has 0 unspecified atom stereocenters. The predicted molar refractivity (Wildman–Crippen MR) is 80.5 cm³/mol. The maximum atomic E-state index is 13.5. The van der Waals surface area contributed by atoms with Crippen LogP contribution >= 0.6 is 0 Å². The van der Waals surface area contributed by atoms with Crippen molar-refractivity contribution in [2.45, 2.75) is 6.61 Å². The first kappa shape index (κ1) is 15.4. The van der Waals surface area contributed by atoms with Crippen molar-refractivity contribution in [2.75, 3.05) is 0 Å². The molecule has 0 amide bonds. The van der Waals surface area contributed by atoms with E-state index in [1.54, 1.807) is 24.3 Å². The highest BCUT2D eigenvalue weighted by Gasteiger charge is 2.08. The van der Waals surface area contributed by atoms with Crippen molar-refractivity contribution in [3.63, 3.8) is 0 Å². The number of rotatable bonds is 5. The molecule has 0 aliphatic heterocycles. The van der Waals surface area contributed by atoms with Gasteiger partial charge in [-0.15, -0.1) is 5.10 Å². The van der Waals surface area contributed by atoms with Gasteiger partial charge in [-0.05, 0) is 29.8 Å². The molecule has 0 spiro atoms. The van der Waals surface area contributed by atoms with E-state index in [1.807, 2.05) is 0 Å². The highest BCUT2D eigenvalue weighted by Crippen LogP contribution is 2.17. The monoisotopic (exact) mass is 304 g/mol. The highest BCUT2D eigenvalue weighted by atomic mass is 19.1. The standard InChI is InChI=1S/C15H14F2N4O/c16-13-5-2-6-14(17)12(13)9-22-11-4-1-3-10(7-11)8-20-21-15(18)19/h1-8H,9H2,(H4,18,19,21). The number of hydrogen-bond acceptors (Lipinski definition) is 3. The number of ether oxygens (including phenoxy) is 1. The second-order valence-electron chi connectivity index (χ2n) is 4.33. The maximum Gasteiger partial charge on any atom is 0.211 e. The number of halogens is 2. The third-order valence-electron chi connectivity index (χ3n) is 2.68. The second kappa shape index (κ2) is 7.16. The minimum absolute atomic E-state index is 0.123. The Kier molecular flexibility index (Phi) is 5.02. The Hall–Kier alpha value is -2.96. The average Bonchev–Trinajstić information content (AvgIpc) is 2.47. The first-order valence-electron chi connectivity index (χ1n) is 6.34. The van der Waals surface area contributed by atoms with Crippen LogP contribution in [0.2, 0.25) is 0 Å². The largest absolute Gasteiger partial charge is 0.489 e. The molecule has 5 nitrogen and oxygen atoms in total. The van der Waals surface area contributed by atoms with Gasteiger partial charge in [0.1, 0.15) is 24.0 Å². The fourth-order valence-corrected chi connectivity index (χ4v) is 1.67. The van der Waals surface area contributed by atoms with Gasteiger partial charge in [0.05, 0.1) is 11.8 Å². The van der Waals surface area contributed by atoms with E-state index in [9.17, 15) is 8.78 Å². The molecule has 0 saturated carbocycles. The zero-order valence-corrected chi connectivity index (χ0v) is 11.5. The third kappa shape index (κ3) is 4.27. The van der Waals surface area contributed by atoms with Gasteiger partial charge in [-0.3, -0.25) is 0 Å². The van der Waals surface area contributed by atoms with E-state index in [1.165, 1.54) is 24.4 Å². The van der Waals surface area contributed by atoms with Crippen molar-refractivity contribution in [1.82, 2.24) is 0 Å². The summed E-state index contributed by atoms with van der Waals surface area (Å²) in [5.41, 5.74) is 10.8. The van der Waals surface area contributed by atoms with Crippen LogP contribution in [0.4, 0.5) is 8.78 Å². The average molecular weight is 304 g/mol. The first-order valence-corrected chi connectivity index (χ1v) is 6.34. The fraction of sp³-hybridized carbons (Fsp3) is 0.0667. The molecule has 2 rings (SSSR count). The van der Waals surface area contributed by atoms with Crippen LogP contribution in [0.3, 0.4) is 0 Å². The number of guanidine groups is 1. The van der Waals surface area contributed by atoms with Gasteiger partial charge in [0.2, 0.25) is 5.96 Å². The van der Waals surface area contributed by atoms with Gasteiger partial charge in [-0.1, -0.05) is 18.2 Å². The molecule has 0 bridgehead atoms. The topological polar surface area (TPSA) is 86.0 Å². The molecule has 2 aromatic rings. The van der Waals surface area contributed by atoms with Crippen molar-refractivity contribution < 1.29 is 13.5 Å². The Balaban J connectivity index is 2.08. The van der Waals surface area contributed by atoms with Gasteiger partial charge >= 0.3 is 0 Å². The lowest BCUT2D eigenvalue weighted by molar-refractivity contribution is 0.292. The van der Waals surface area contributed by atoms with Crippen LogP contribution in [-0.2, 0) is 6.61 Å². The zero-order valence-electron chi connectivity index (χ0n) is 11.5. The lowest BCUT2D eigenvalue weighted by Crippen LogP contribution is -2.21. The Morgan fingerprint density at radius 1 is 1.09 bits per heavy atom. The van der Waals surface area contributed by atoms with Crippen LogP contribution in [0, 0.1) is 11.6 Å². The van der Waals surface area contributed by atoms with Crippen LogP contribution in [0.25, 0.3) is 0 Å². The summed E-state index contributed by atoms with van der Waals surface area (Å²) in [4.78, 5) is 0. The van der Waals surface area contributed by atoms with E-state index in [4.69, 9.17) is 16.2 Å². The van der Waals surface area contributed by atoms with Gasteiger partial charge in [-0.2, -0.15) is 5.10 Å². The molecule has 0 heterocycles. The van der Waals surface area contributed by atoms with Gasteiger partial charge < -0.3 is 16.2 Å². The molecular formula is C15H14F2N4O. The molecule has 114 valence electrons. The molecule has 2 aromatic carbocycles. The van der Waals surface area contributed by atoms with Gasteiger partial charge in [0.15, 0.2) is 0 Å². The Labute approximate surface area is 125 Å². The molecular weight excluding hydrogens is 290 g/mol. The van der Waals surface area contributed by atoms with Crippen molar-refractivity contribution >= 4 is 12.2 Å². The summed E-state index contributed by atoms with van der Waals surface area (Å²) < 4.78 is 32.4. The number of nitrogens with two attached hydrogens (primary N) is 2. The summed E-state index contributed by atoms with van der Waals surface area (Å²) in [6, 6.07) is 10.4. The van der Waals surface area contributed by atoms with E-state index in [2.05, 4.69) is 10.2 Å². The minimum atomic E-state index is -0.648. The molecule has 0 aliphatic rings. The lowest BCUT2D eigenvalue weighted by Gasteiger charge is -2.08. The number of benzene rings is 2. The molecule has 0 radical (unpaired) electrons. The minimum Gasteiger partial charge on any atom is -0.489 e. The SMILES string of the molecule is NC(N)=NN=Cc1cccc(OCc2c(F)cccc2F)c1. The van der Waals surface area contributed by atoms with Crippen molar-refractivity contribution in [2.24, 2.45) is 21.7 Å². The Bertz CT molecular complexity index is 692. The molecule has 0 saturated heterocycles. The van der Waals surface area contributed by atoms with Crippen molar-refractivity contribution in [3.8, 4) is 5.75 Å². The summed E-state index contributed by atoms with van der Waals surface area (Å²) in [7, 11) is 0. The summed E-state index contributed by atoms with van der Waals surface area (Å²) in [5.74, 6) is -1.01. The smallest absolute Gasteiger partial charge is 0.211 e. The molecule has 22 heavy (non-hydrogen) atoms. The Morgan fingerprint density at radius 3 is 2.45 bits per heavy atom. The van der Waals surface area contributed by atoms with Crippen LogP contribution in [-0.4, -0.2) is 12.2 Å². The summed E-state index contributed by atoms with van der Waals surface area (Å²) in [6.07, 6.45) is 1.43. The van der Waals surface area contributed by atoms with E-state index in [0.717, 1.165) is 0 Å². The second-order valence-corrected chi connectivity index (χ2v) is 4.33. The number of hydrogen-bond donors (Lipinski definition) is 2. The summed E-state index contributed by atoms with van der Waals surface area (Å²) in [5, 5.41) is 7.13. The van der Waals surface area contributed by atoms with Crippen LogP contribution in [0.15, 0.2) is 52.7 Å². The van der Waals surface area contributed by atoms with Crippen molar-refractivity contribution in [3.05, 3.63) is 65.2 Å². The Morgan fingerprint density at radius 2 is 1.77 bits per heavy atom. The lowest BCUT2D eigenvalue weighted by atomic mass is 10.2. The van der Waals surface area contributed by atoms with Crippen LogP contribution in [0.1, 0.15) is 11.1 Å². The third-order valence-corrected chi connectivity index (χ3v) is 2.68. The van der Waals surface area contributed by atoms with E-state index >= 15 is 0 Å². The molecule has 7 heteroatoms. The maximum absolute atomic E-state index is 13.5. The molecule has 0 atom stereocenters. The van der Waals surface area contributed by atoms with Crippen LogP contribution in [0.5, 0.6) is 5.75 Å². The molecule has 0 fully saturated rings. The molecule has 0 aromatic heterocycles. The van der Waals surface area contributed by atoms with Crippen molar-refractivity contribution in [1.29, 1.82) is 0 Å². The van der Waals surface area contributed by atoms with E-state index < -0.39 is 11.6 Å². The molecule has 0 aliphatic carbocycles. The summed E-state index contributed by atoms with van der Waals surface area (Å²) >= 11 is 0. The van der Waals surface area contributed by atoms with Gasteiger partial charge in [0.25, 0.3) is 0 Å². The van der Waals surface area contributed by atoms with Gasteiger partial charge in [-0.25, -0.2) is 8.78 Å². The summed E-state index contributed by atoms with van der Waals surface area (Å²) in [6.45, 7) is -0.215. The van der Waals surface area contributed by atoms with Crippen LogP contribution < -0.4 is 16.2 Å². The number of nitrogens with zero attached hydrogens (tertiary/aromatic N) is 2.